The lowest BCUT2D eigenvalue weighted by atomic mass is 9.62. The van der Waals surface area contributed by atoms with Crippen LogP contribution in [0.1, 0.15) is 84.0 Å². The van der Waals surface area contributed by atoms with Crippen LogP contribution >= 0.6 is 11.6 Å². The molecule has 2 aliphatic rings. The first kappa shape index (κ1) is 22.7. The normalized spacial score (nSPS) is 26.3. The minimum absolute atomic E-state index is 0.145. The Kier molecular flexibility index (Phi) is 9.61. The molecular formula is C22H38ClNO3. The molecule has 27 heavy (non-hydrogen) atoms. The molecule has 1 heterocycles. The third kappa shape index (κ3) is 6.76. The number of aliphatic carboxylic acids is 1. The van der Waals surface area contributed by atoms with Crippen LogP contribution in [-0.2, 0) is 4.79 Å². The predicted octanol–water partition coefficient (Wildman–Crippen LogP) is 4.98. The Labute approximate surface area is 170 Å². The zero-order valence-electron chi connectivity index (χ0n) is 16.9. The summed E-state index contributed by atoms with van der Waals surface area (Å²) in [6.07, 6.45) is 15.8. The summed E-state index contributed by atoms with van der Waals surface area (Å²) in [5, 5.41) is 19.6. The van der Waals surface area contributed by atoms with E-state index in [-0.39, 0.29) is 23.3 Å². The van der Waals surface area contributed by atoms with E-state index in [1.165, 1.54) is 19.3 Å². The number of allylic oxidation sites excluding steroid dienone is 1. The summed E-state index contributed by atoms with van der Waals surface area (Å²) in [5.41, 5.74) is 0.215. The first-order valence-corrected chi connectivity index (χ1v) is 11.3. The number of nitrogens with zero attached hydrogens (tertiary/aromatic N) is 1. The largest absolute Gasteiger partial charge is 0.481 e. The number of carbonyl (C=O) groups is 1. The van der Waals surface area contributed by atoms with Gasteiger partial charge in [-0.3, -0.25) is 9.69 Å². The van der Waals surface area contributed by atoms with Gasteiger partial charge in [0.2, 0.25) is 0 Å². The van der Waals surface area contributed by atoms with Gasteiger partial charge in [0, 0.05) is 12.5 Å². The van der Waals surface area contributed by atoms with Gasteiger partial charge in [-0.1, -0.05) is 31.9 Å². The Balaban J connectivity index is 1.69. The summed E-state index contributed by atoms with van der Waals surface area (Å²) in [6.45, 7) is 4.28. The summed E-state index contributed by atoms with van der Waals surface area (Å²) in [5.74, 6) is -0.726. The quantitative estimate of drug-likeness (QED) is 0.260. The molecule has 1 saturated heterocycles. The smallest absolute Gasteiger partial charge is 0.303 e. The van der Waals surface area contributed by atoms with Gasteiger partial charge in [-0.05, 0) is 76.3 Å². The van der Waals surface area contributed by atoms with E-state index in [9.17, 15) is 9.90 Å². The average molecular weight is 400 g/mol. The topological polar surface area (TPSA) is 60.8 Å². The highest BCUT2D eigenvalue weighted by Gasteiger charge is 2.42. The molecule has 3 unspecified atom stereocenters. The van der Waals surface area contributed by atoms with Crippen molar-refractivity contribution in [2.75, 3.05) is 13.1 Å². The maximum Gasteiger partial charge on any atom is 0.303 e. The van der Waals surface area contributed by atoms with E-state index in [2.05, 4.69) is 24.0 Å². The van der Waals surface area contributed by atoms with Crippen LogP contribution in [0.3, 0.4) is 0 Å². The fourth-order valence-corrected chi connectivity index (χ4v) is 5.21. The highest BCUT2D eigenvalue weighted by Crippen LogP contribution is 2.48. The van der Waals surface area contributed by atoms with E-state index in [1.807, 2.05) is 0 Å². The SMILES string of the molecule is CCCC1(C(O)CCCN2CCC(Cl)C2C/C=C/CCCC(=O)O)CCC1. The Morgan fingerprint density at radius 2 is 2.11 bits per heavy atom. The molecule has 0 spiro atoms. The zero-order valence-corrected chi connectivity index (χ0v) is 17.7. The Bertz CT molecular complexity index is 478. The molecule has 3 atom stereocenters. The molecule has 0 radical (unpaired) electrons. The zero-order chi connectivity index (χ0) is 19.7. The number of hydrogen-bond donors (Lipinski definition) is 2. The van der Waals surface area contributed by atoms with Gasteiger partial charge in [0.25, 0.3) is 0 Å². The number of carboxylic acids is 1. The number of likely N-dealkylation sites (tertiary alicyclic amines) is 1. The number of carboxylic acid groups (broad SMARTS) is 1. The van der Waals surface area contributed by atoms with E-state index < -0.39 is 5.97 Å². The van der Waals surface area contributed by atoms with Crippen LogP contribution < -0.4 is 0 Å². The van der Waals surface area contributed by atoms with Crippen molar-refractivity contribution in [3.63, 3.8) is 0 Å². The lowest BCUT2D eigenvalue weighted by molar-refractivity contribution is -0.137. The molecule has 2 fully saturated rings. The van der Waals surface area contributed by atoms with Crippen molar-refractivity contribution in [3.05, 3.63) is 12.2 Å². The summed E-state index contributed by atoms with van der Waals surface area (Å²) in [4.78, 5) is 13.0. The molecule has 0 aromatic rings. The van der Waals surface area contributed by atoms with Crippen molar-refractivity contribution in [3.8, 4) is 0 Å². The maximum absolute atomic E-state index is 10.7. The molecule has 1 aliphatic carbocycles. The number of halogens is 1. The van der Waals surface area contributed by atoms with Gasteiger partial charge in [-0.25, -0.2) is 0 Å². The second-order valence-electron chi connectivity index (χ2n) is 8.53. The van der Waals surface area contributed by atoms with Gasteiger partial charge >= 0.3 is 5.97 Å². The van der Waals surface area contributed by atoms with E-state index in [4.69, 9.17) is 16.7 Å². The van der Waals surface area contributed by atoms with E-state index in [1.54, 1.807) is 0 Å². The summed E-state index contributed by atoms with van der Waals surface area (Å²) in [7, 11) is 0. The Morgan fingerprint density at radius 3 is 2.74 bits per heavy atom. The molecule has 0 aromatic carbocycles. The van der Waals surface area contributed by atoms with E-state index >= 15 is 0 Å². The Hall–Kier alpha value is -0.580. The molecule has 1 aliphatic heterocycles. The first-order valence-electron chi connectivity index (χ1n) is 10.9. The molecule has 5 heteroatoms. The van der Waals surface area contributed by atoms with Crippen LogP contribution in [0.5, 0.6) is 0 Å². The molecule has 0 amide bonds. The van der Waals surface area contributed by atoms with Crippen LogP contribution in [0.25, 0.3) is 0 Å². The molecule has 2 rings (SSSR count). The van der Waals surface area contributed by atoms with Crippen molar-refractivity contribution in [1.29, 1.82) is 0 Å². The fraction of sp³-hybridized carbons (Fsp3) is 0.864. The molecule has 156 valence electrons. The van der Waals surface area contributed by atoms with Crippen molar-refractivity contribution < 1.29 is 15.0 Å². The lowest BCUT2D eigenvalue weighted by Crippen LogP contribution is -2.42. The molecule has 1 saturated carbocycles. The number of hydrogen-bond acceptors (Lipinski definition) is 3. The van der Waals surface area contributed by atoms with Gasteiger partial charge in [0.1, 0.15) is 0 Å². The molecule has 2 N–H and O–H groups in total. The summed E-state index contributed by atoms with van der Waals surface area (Å²) in [6, 6.07) is 0.368. The van der Waals surface area contributed by atoms with Crippen molar-refractivity contribution in [2.45, 2.75) is 101 Å². The summed E-state index contributed by atoms with van der Waals surface area (Å²) >= 11 is 6.54. The van der Waals surface area contributed by atoms with Crippen LogP contribution in [0.15, 0.2) is 12.2 Å². The highest BCUT2D eigenvalue weighted by molar-refractivity contribution is 6.21. The standard InChI is InChI=1S/C22H38ClNO3/c1-2-13-22(14-8-15-22)20(25)10-7-16-24-17-12-18(23)19(24)9-5-3-4-6-11-21(26)27/h3,5,18-20,25H,2,4,6-17H2,1H3,(H,26,27)/b5-3+. The molecule has 4 nitrogen and oxygen atoms in total. The maximum atomic E-state index is 10.7. The third-order valence-corrected chi connectivity index (χ3v) is 7.12. The molecular weight excluding hydrogens is 362 g/mol. The third-order valence-electron chi connectivity index (χ3n) is 6.61. The van der Waals surface area contributed by atoms with Gasteiger partial charge < -0.3 is 10.2 Å². The van der Waals surface area contributed by atoms with Crippen LogP contribution in [0, 0.1) is 5.41 Å². The molecule has 0 aromatic heterocycles. The van der Waals surface area contributed by atoms with Crippen molar-refractivity contribution >= 4 is 17.6 Å². The monoisotopic (exact) mass is 399 g/mol. The van der Waals surface area contributed by atoms with Gasteiger partial charge in [0.15, 0.2) is 0 Å². The Morgan fingerprint density at radius 1 is 1.33 bits per heavy atom. The minimum Gasteiger partial charge on any atom is -0.481 e. The van der Waals surface area contributed by atoms with Crippen molar-refractivity contribution in [1.82, 2.24) is 4.90 Å². The van der Waals surface area contributed by atoms with E-state index in [0.717, 1.165) is 58.0 Å². The number of alkyl halides is 1. The average Bonchev–Trinajstić information content (AvgIpc) is 2.94. The van der Waals surface area contributed by atoms with Crippen LogP contribution in [-0.4, -0.2) is 51.7 Å². The van der Waals surface area contributed by atoms with Crippen LogP contribution in [0.4, 0.5) is 0 Å². The van der Waals surface area contributed by atoms with Crippen LogP contribution in [0.2, 0.25) is 0 Å². The number of unbranched alkanes of at least 4 members (excludes halogenated alkanes) is 1. The first-order chi connectivity index (χ1) is 13.0. The number of aliphatic hydroxyl groups is 1. The number of rotatable bonds is 13. The minimum atomic E-state index is -0.726. The number of aliphatic hydroxyl groups excluding tert-OH is 1. The molecule has 0 bridgehead atoms. The lowest BCUT2D eigenvalue weighted by Gasteiger charge is -2.46. The highest BCUT2D eigenvalue weighted by atomic mass is 35.5. The second kappa shape index (κ2) is 11.4. The summed E-state index contributed by atoms with van der Waals surface area (Å²) < 4.78 is 0. The van der Waals surface area contributed by atoms with Gasteiger partial charge in [-0.15, -0.1) is 11.6 Å². The van der Waals surface area contributed by atoms with Gasteiger partial charge in [0.05, 0.1) is 11.5 Å². The second-order valence-corrected chi connectivity index (χ2v) is 9.09. The van der Waals surface area contributed by atoms with Gasteiger partial charge in [-0.2, -0.15) is 0 Å². The van der Waals surface area contributed by atoms with E-state index in [0.29, 0.717) is 12.5 Å². The van der Waals surface area contributed by atoms with Crippen molar-refractivity contribution in [2.24, 2.45) is 5.41 Å². The fourth-order valence-electron chi connectivity index (χ4n) is 4.85. The predicted molar refractivity (Wildman–Crippen MR) is 111 cm³/mol.